The number of hydrogen-bond donors (Lipinski definition) is 0. The Morgan fingerprint density at radius 1 is 1.00 bits per heavy atom. The topological polar surface area (TPSA) is 51.1 Å². The minimum Gasteiger partial charge on any atom is -0.497 e. The zero-order valence-corrected chi connectivity index (χ0v) is 23.2. The lowest BCUT2D eigenvalue weighted by atomic mass is 9.77. The number of benzene rings is 3. The summed E-state index contributed by atoms with van der Waals surface area (Å²) in [5, 5.41) is 7.46. The zero-order chi connectivity index (χ0) is 26.5. The number of fused-ring (bicyclic) bond motifs is 1. The van der Waals surface area contributed by atoms with Gasteiger partial charge >= 0.3 is 0 Å². The van der Waals surface area contributed by atoms with Gasteiger partial charge in [-0.3, -0.25) is 4.79 Å². The van der Waals surface area contributed by atoms with Gasteiger partial charge in [-0.25, -0.2) is 5.01 Å². The Labute approximate surface area is 233 Å². The van der Waals surface area contributed by atoms with E-state index in [9.17, 15) is 4.79 Å². The van der Waals surface area contributed by atoms with Crippen LogP contribution in [0, 0.1) is 5.92 Å². The first kappa shape index (κ1) is 26.4. The molecule has 0 unspecified atom stereocenters. The molecule has 1 heterocycles. The van der Waals surface area contributed by atoms with Crippen molar-refractivity contribution in [3.05, 3.63) is 100 Å². The van der Waals surface area contributed by atoms with Gasteiger partial charge in [0.15, 0.2) is 0 Å². The molecule has 1 saturated carbocycles. The third-order valence-corrected chi connectivity index (χ3v) is 8.32. The Balaban J connectivity index is 1.40. The number of allylic oxidation sites excluding steroid dienone is 1. The Hall–Kier alpha value is -3.22. The quantitative estimate of drug-likeness (QED) is 0.295. The third-order valence-electron chi connectivity index (χ3n) is 7.08. The maximum Gasteiger partial charge on any atom is 0.253 e. The number of methoxy groups -OCH3 is 2. The van der Waals surface area contributed by atoms with Crippen LogP contribution in [-0.2, 0) is 10.5 Å². The van der Waals surface area contributed by atoms with E-state index in [-0.39, 0.29) is 17.9 Å². The predicted molar refractivity (Wildman–Crippen MR) is 156 cm³/mol. The van der Waals surface area contributed by atoms with E-state index >= 15 is 0 Å². The lowest BCUT2D eigenvalue weighted by Gasteiger charge is -2.29. The molecule has 1 aliphatic heterocycles. The van der Waals surface area contributed by atoms with Crippen molar-refractivity contribution in [1.29, 1.82) is 0 Å². The van der Waals surface area contributed by atoms with Gasteiger partial charge in [-0.15, -0.1) is 11.8 Å². The van der Waals surface area contributed by atoms with E-state index in [0.717, 1.165) is 58.9 Å². The SMILES string of the molecule is COc1ccc(/C=C2/CCC[C@@H]3C2=NN(C(=O)CSCc2ccc(Cl)cc2)[C@H]3c2ccc(OC)cc2)cc1. The average Bonchev–Trinajstić information content (AvgIpc) is 3.35. The average molecular weight is 547 g/mol. The summed E-state index contributed by atoms with van der Waals surface area (Å²) in [5.41, 5.74) is 5.56. The monoisotopic (exact) mass is 546 g/mol. The van der Waals surface area contributed by atoms with Crippen molar-refractivity contribution < 1.29 is 14.3 Å². The summed E-state index contributed by atoms with van der Waals surface area (Å²) < 4.78 is 10.7. The van der Waals surface area contributed by atoms with E-state index in [4.69, 9.17) is 26.2 Å². The molecule has 1 amide bonds. The number of thioether (sulfide) groups is 1. The van der Waals surface area contributed by atoms with Crippen LogP contribution < -0.4 is 9.47 Å². The van der Waals surface area contributed by atoms with Crippen LogP contribution in [0.1, 0.15) is 42.0 Å². The van der Waals surface area contributed by atoms with Crippen molar-refractivity contribution >= 4 is 41.1 Å². The molecule has 5 rings (SSSR count). The number of hydrogen-bond acceptors (Lipinski definition) is 5. The fourth-order valence-corrected chi connectivity index (χ4v) is 6.11. The molecule has 0 aromatic heterocycles. The van der Waals surface area contributed by atoms with Gasteiger partial charge < -0.3 is 9.47 Å². The Morgan fingerprint density at radius 3 is 2.32 bits per heavy atom. The maximum absolute atomic E-state index is 13.6. The number of carbonyl (C=O) groups is 1. The lowest BCUT2D eigenvalue weighted by Crippen LogP contribution is -2.32. The molecule has 2 aliphatic rings. The number of nitrogens with zero attached hydrogens (tertiary/aromatic N) is 2. The van der Waals surface area contributed by atoms with Crippen molar-refractivity contribution in [2.24, 2.45) is 11.0 Å². The van der Waals surface area contributed by atoms with Gasteiger partial charge in [0.2, 0.25) is 0 Å². The number of carbonyl (C=O) groups excluding carboxylic acids is 1. The zero-order valence-electron chi connectivity index (χ0n) is 21.6. The first-order valence-electron chi connectivity index (χ1n) is 12.8. The largest absolute Gasteiger partial charge is 0.497 e. The number of halogens is 1. The summed E-state index contributed by atoms with van der Waals surface area (Å²) in [7, 11) is 3.34. The number of rotatable bonds is 8. The van der Waals surface area contributed by atoms with Crippen LogP contribution >= 0.6 is 23.4 Å². The number of amides is 1. The summed E-state index contributed by atoms with van der Waals surface area (Å²) in [5.74, 6) is 2.91. The van der Waals surface area contributed by atoms with Crippen molar-refractivity contribution in [2.45, 2.75) is 31.1 Å². The highest BCUT2D eigenvalue weighted by Crippen LogP contribution is 2.45. The molecular weight excluding hydrogens is 516 g/mol. The molecule has 0 saturated heterocycles. The molecular formula is C31H31ClN2O3S. The molecule has 5 nitrogen and oxygen atoms in total. The second-order valence-electron chi connectivity index (χ2n) is 9.50. The first-order chi connectivity index (χ1) is 18.6. The molecule has 1 fully saturated rings. The van der Waals surface area contributed by atoms with Crippen LogP contribution in [0.15, 0.2) is 83.5 Å². The Kier molecular flexibility index (Phi) is 8.40. The molecule has 196 valence electrons. The molecule has 0 spiro atoms. The highest BCUT2D eigenvalue weighted by atomic mass is 35.5. The van der Waals surface area contributed by atoms with Crippen LogP contribution in [-0.4, -0.2) is 36.6 Å². The Morgan fingerprint density at radius 2 is 1.66 bits per heavy atom. The standard InChI is InChI=1S/C31H31ClN2O3S/c1-36-26-14-8-21(9-15-26)18-24-4-3-5-28-30(24)33-34(31(28)23-10-16-27(37-2)17-11-23)29(35)20-38-19-22-6-12-25(32)13-7-22/h6-18,28,31H,3-5,19-20H2,1-2H3/b24-18-/t28-,31+/m1/s1. The molecule has 0 radical (unpaired) electrons. The molecule has 7 heteroatoms. The van der Waals surface area contributed by atoms with Crippen molar-refractivity contribution in [3.8, 4) is 11.5 Å². The Bertz CT molecular complexity index is 1320. The minimum atomic E-state index is -0.126. The van der Waals surface area contributed by atoms with Gasteiger partial charge in [0.1, 0.15) is 11.5 Å². The molecule has 1 aliphatic carbocycles. The third kappa shape index (κ3) is 5.92. The lowest BCUT2D eigenvalue weighted by molar-refractivity contribution is -0.130. The summed E-state index contributed by atoms with van der Waals surface area (Å²) in [6, 6.07) is 23.7. The summed E-state index contributed by atoms with van der Waals surface area (Å²) in [4.78, 5) is 13.6. The van der Waals surface area contributed by atoms with Crippen molar-refractivity contribution in [2.75, 3.05) is 20.0 Å². The van der Waals surface area contributed by atoms with Crippen molar-refractivity contribution in [3.63, 3.8) is 0 Å². The highest BCUT2D eigenvalue weighted by Gasteiger charge is 2.43. The number of hydrazone groups is 1. The summed E-state index contributed by atoms with van der Waals surface area (Å²) >= 11 is 7.61. The van der Waals surface area contributed by atoms with E-state index in [2.05, 4.69) is 30.3 Å². The van der Waals surface area contributed by atoms with Gasteiger partial charge in [0.05, 0.1) is 31.7 Å². The van der Waals surface area contributed by atoms with Gasteiger partial charge in [-0.2, -0.15) is 5.10 Å². The normalized spacial score (nSPS) is 19.7. The van der Waals surface area contributed by atoms with E-state index in [1.165, 1.54) is 5.57 Å². The first-order valence-corrected chi connectivity index (χ1v) is 14.3. The van der Waals surface area contributed by atoms with E-state index in [1.807, 2.05) is 48.5 Å². The van der Waals surface area contributed by atoms with Crippen LogP contribution in [0.3, 0.4) is 0 Å². The van der Waals surface area contributed by atoms with E-state index < -0.39 is 0 Å². The maximum atomic E-state index is 13.6. The molecule has 3 aromatic carbocycles. The molecule has 0 bridgehead atoms. The van der Waals surface area contributed by atoms with Crippen molar-refractivity contribution in [1.82, 2.24) is 5.01 Å². The molecule has 2 atom stereocenters. The van der Waals surface area contributed by atoms with E-state index in [0.29, 0.717) is 10.8 Å². The van der Waals surface area contributed by atoms with Gasteiger partial charge in [0.25, 0.3) is 5.91 Å². The highest BCUT2D eigenvalue weighted by molar-refractivity contribution is 7.99. The number of ether oxygens (including phenoxy) is 2. The fourth-order valence-electron chi connectivity index (χ4n) is 5.15. The van der Waals surface area contributed by atoms with Gasteiger partial charge in [0, 0.05) is 16.7 Å². The fraction of sp³-hybridized carbons (Fsp3) is 0.290. The van der Waals surface area contributed by atoms with E-state index in [1.54, 1.807) is 31.0 Å². The molecule has 0 N–H and O–H groups in total. The predicted octanol–water partition coefficient (Wildman–Crippen LogP) is 7.41. The van der Waals surface area contributed by atoms with Gasteiger partial charge in [-0.1, -0.05) is 48.0 Å². The minimum absolute atomic E-state index is 0.0236. The summed E-state index contributed by atoms with van der Waals surface area (Å²) in [6.07, 6.45) is 5.21. The smallest absolute Gasteiger partial charge is 0.253 e. The molecule has 3 aromatic rings. The van der Waals surface area contributed by atoms with Crippen LogP contribution in [0.2, 0.25) is 5.02 Å². The van der Waals surface area contributed by atoms with Crippen LogP contribution in [0.5, 0.6) is 11.5 Å². The second kappa shape index (κ2) is 12.1. The van der Waals surface area contributed by atoms with Crippen LogP contribution in [0.25, 0.3) is 6.08 Å². The summed E-state index contributed by atoms with van der Waals surface area (Å²) in [6.45, 7) is 0. The second-order valence-corrected chi connectivity index (χ2v) is 10.9. The van der Waals surface area contributed by atoms with Crippen LogP contribution in [0.4, 0.5) is 0 Å². The molecule has 38 heavy (non-hydrogen) atoms. The van der Waals surface area contributed by atoms with Gasteiger partial charge in [-0.05, 0) is 84.0 Å².